The van der Waals surface area contributed by atoms with E-state index in [0.29, 0.717) is 35.8 Å². The van der Waals surface area contributed by atoms with E-state index in [-0.39, 0.29) is 11.8 Å². The molecule has 0 aromatic heterocycles. The van der Waals surface area contributed by atoms with Crippen molar-refractivity contribution >= 4 is 56.1 Å². The van der Waals surface area contributed by atoms with Gasteiger partial charge in [0.1, 0.15) is 0 Å². The fraction of sp³-hybridized carbons (Fsp3) is 0.407. The predicted octanol–water partition coefficient (Wildman–Crippen LogP) is 5.58. The zero-order valence-corrected chi connectivity index (χ0v) is 25.7. The van der Waals surface area contributed by atoms with E-state index in [1.165, 1.54) is 0 Å². The molecule has 0 aliphatic carbocycles. The molecule has 0 heterocycles. The van der Waals surface area contributed by atoms with Crippen LogP contribution in [0.2, 0.25) is 0 Å². The van der Waals surface area contributed by atoms with E-state index < -0.39 is 0 Å². The second kappa shape index (κ2) is 17.5. The highest BCUT2D eigenvalue weighted by Gasteiger charge is 2.11. The number of amides is 2. The number of nitrogens with zero attached hydrogens (tertiary/aromatic N) is 2. The molecule has 0 saturated heterocycles. The van der Waals surface area contributed by atoms with Crippen LogP contribution in [-0.2, 0) is 9.59 Å². The average Bonchev–Trinajstić information content (AvgIpc) is 2.91. The first-order chi connectivity index (χ1) is 18.8. The molecule has 39 heavy (non-hydrogen) atoms. The molecule has 2 amide bonds. The number of nitrogens with one attached hydrogen (secondary N) is 2. The Morgan fingerprint density at radius 2 is 1.05 bits per heavy atom. The van der Waals surface area contributed by atoms with Crippen molar-refractivity contribution in [2.45, 2.75) is 44.9 Å². The summed E-state index contributed by atoms with van der Waals surface area (Å²) in [6.07, 6.45) is 8.09. The number of carbonyl (C=O) groups excluding carboxylic acids is 2. The highest BCUT2D eigenvalue weighted by molar-refractivity contribution is 9.11. The number of unbranched alkanes of at least 4 members (excludes halogenated alkanes) is 4. The molecule has 0 unspecified atom stereocenters. The van der Waals surface area contributed by atoms with Crippen LogP contribution in [0, 0.1) is 0 Å². The Hall–Kier alpha value is -3.12. The molecule has 0 aliphatic heterocycles. The van der Waals surface area contributed by atoms with Crippen molar-refractivity contribution in [1.82, 2.24) is 10.9 Å². The average molecular weight is 670 g/mol. The number of hydrazone groups is 2. The van der Waals surface area contributed by atoms with Gasteiger partial charge in [-0.1, -0.05) is 19.3 Å². The van der Waals surface area contributed by atoms with Gasteiger partial charge in [-0.15, -0.1) is 0 Å². The summed E-state index contributed by atoms with van der Waals surface area (Å²) >= 11 is 6.85. The molecular weight excluding hydrogens is 636 g/mol. The molecule has 0 aliphatic rings. The Morgan fingerprint density at radius 1 is 0.667 bits per heavy atom. The van der Waals surface area contributed by atoms with Crippen LogP contribution in [0.1, 0.15) is 56.1 Å². The molecule has 2 rings (SSSR count). The minimum Gasteiger partial charge on any atom is -0.493 e. The summed E-state index contributed by atoms with van der Waals surface area (Å²) in [6.45, 7) is 0. The van der Waals surface area contributed by atoms with Crippen LogP contribution in [0.15, 0.2) is 43.4 Å². The lowest BCUT2D eigenvalue weighted by molar-refractivity contribution is -0.121. The van der Waals surface area contributed by atoms with Crippen molar-refractivity contribution in [1.29, 1.82) is 0 Å². The van der Waals surface area contributed by atoms with Gasteiger partial charge in [-0.2, -0.15) is 10.2 Å². The van der Waals surface area contributed by atoms with Gasteiger partial charge in [0, 0.05) is 12.8 Å². The van der Waals surface area contributed by atoms with E-state index in [2.05, 4.69) is 52.9 Å². The maximum Gasteiger partial charge on any atom is 0.240 e. The van der Waals surface area contributed by atoms with Crippen molar-refractivity contribution in [3.05, 3.63) is 44.3 Å². The molecular formula is C27H34Br2N4O6. The fourth-order valence-corrected chi connectivity index (χ4v) is 4.84. The third-order valence-electron chi connectivity index (χ3n) is 5.53. The van der Waals surface area contributed by atoms with Gasteiger partial charge in [-0.25, -0.2) is 10.9 Å². The van der Waals surface area contributed by atoms with Gasteiger partial charge in [-0.3, -0.25) is 9.59 Å². The van der Waals surface area contributed by atoms with Crippen LogP contribution >= 0.6 is 31.9 Å². The van der Waals surface area contributed by atoms with Gasteiger partial charge in [0.2, 0.25) is 11.8 Å². The van der Waals surface area contributed by atoms with Crippen molar-refractivity contribution in [2.75, 3.05) is 28.4 Å². The quantitative estimate of drug-likeness (QED) is 0.137. The number of hydrogen-bond donors (Lipinski definition) is 2. The number of carbonyl (C=O) groups is 2. The molecule has 10 nitrogen and oxygen atoms in total. The summed E-state index contributed by atoms with van der Waals surface area (Å²) in [5.41, 5.74) is 6.59. The number of rotatable bonds is 16. The zero-order chi connectivity index (χ0) is 28.6. The van der Waals surface area contributed by atoms with Crippen LogP contribution in [0.3, 0.4) is 0 Å². The van der Waals surface area contributed by atoms with E-state index in [9.17, 15) is 9.59 Å². The predicted molar refractivity (Wildman–Crippen MR) is 158 cm³/mol. The van der Waals surface area contributed by atoms with Gasteiger partial charge in [0.15, 0.2) is 23.0 Å². The maximum absolute atomic E-state index is 12.0. The second-order valence-corrected chi connectivity index (χ2v) is 10.0. The minimum absolute atomic E-state index is 0.149. The normalized spacial score (nSPS) is 11.0. The molecule has 2 N–H and O–H groups in total. The number of methoxy groups -OCH3 is 4. The lowest BCUT2D eigenvalue weighted by Crippen LogP contribution is -2.17. The van der Waals surface area contributed by atoms with E-state index in [1.807, 2.05) is 12.1 Å². The molecule has 0 spiro atoms. The Kier molecular flexibility index (Phi) is 14.4. The molecule has 0 saturated carbocycles. The molecule has 0 radical (unpaired) electrons. The van der Waals surface area contributed by atoms with Crippen molar-refractivity contribution in [3.63, 3.8) is 0 Å². The first kappa shape index (κ1) is 32.1. The third kappa shape index (κ3) is 10.9. The molecule has 0 atom stereocenters. The number of halogens is 2. The van der Waals surface area contributed by atoms with Crippen molar-refractivity contribution in [3.8, 4) is 23.0 Å². The van der Waals surface area contributed by atoms with E-state index in [0.717, 1.165) is 52.2 Å². The van der Waals surface area contributed by atoms with Crippen molar-refractivity contribution < 1.29 is 28.5 Å². The summed E-state index contributed by atoms with van der Waals surface area (Å²) in [6, 6.07) is 7.18. The summed E-state index contributed by atoms with van der Waals surface area (Å²) in [7, 11) is 6.23. The molecule has 212 valence electrons. The molecule has 2 aromatic rings. The first-order valence-electron chi connectivity index (χ1n) is 12.3. The zero-order valence-electron chi connectivity index (χ0n) is 22.5. The van der Waals surface area contributed by atoms with Crippen LogP contribution in [0.25, 0.3) is 0 Å². The molecule has 12 heteroatoms. The number of hydrogen-bond acceptors (Lipinski definition) is 8. The van der Waals surface area contributed by atoms with Crippen LogP contribution in [-0.4, -0.2) is 52.7 Å². The standard InChI is InChI=1S/C27H34Br2N4O6/c1-36-22-14-18(12-20(28)26(22)38-3)16-30-32-24(34)10-8-6-5-7-9-11-25(35)33-31-17-19-13-21(29)27(39-4)23(15-19)37-2/h12-17H,5-11H2,1-4H3,(H,32,34)(H,33,35). The Labute approximate surface area is 245 Å². The first-order valence-corrected chi connectivity index (χ1v) is 13.9. The second-order valence-electron chi connectivity index (χ2n) is 8.33. The lowest BCUT2D eigenvalue weighted by atomic mass is 10.1. The van der Waals surface area contributed by atoms with Gasteiger partial charge in [-0.05, 0) is 80.1 Å². The summed E-state index contributed by atoms with van der Waals surface area (Å²) in [5.74, 6) is 2.01. The Morgan fingerprint density at radius 3 is 1.41 bits per heavy atom. The number of ether oxygens (including phenoxy) is 4. The molecule has 2 aromatic carbocycles. The monoisotopic (exact) mass is 668 g/mol. The van der Waals surface area contributed by atoms with Crippen LogP contribution < -0.4 is 29.8 Å². The Balaban J connectivity index is 1.59. The van der Waals surface area contributed by atoms with Gasteiger partial charge < -0.3 is 18.9 Å². The maximum atomic E-state index is 12.0. The third-order valence-corrected chi connectivity index (χ3v) is 6.70. The van der Waals surface area contributed by atoms with Gasteiger partial charge >= 0.3 is 0 Å². The fourth-order valence-electron chi connectivity index (χ4n) is 3.60. The van der Waals surface area contributed by atoms with Gasteiger partial charge in [0.05, 0.1) is 49.8 Å². The van der Waals surface area contributed by atoms with E-state index >= 15 is 0 Å². The molecule has 0 bridgehead atoms. The van der Waals surface area contributed by atoms with E-state index in [1.54, 1.807) is 53.0 Å². The van der Waals surface area contributed by atoms with Gasteiger partial charge in [0.25, 0.3) is 0 Å². The number of benzene rings is 2. The van der Waals surface area contributed by atoms with E-state index in [4.69, 9.17) is 18.9 Å². The Bertz CT molecular complexity index is 1080. The van der Waals surface area contributed by atoms with Crippen LogP contribution in [0.4, 0.5) is 0 Å². The topological polar surface area (TPSA) is 120 Å². The minimum atomic E-state index is -0.149. The smallest absolute Gasteiger partial charge is 0.240 e. The summed E-state index contributed by atoms with van der Waals surface area (Å²) in [5, 5.41) is 8.03. The van der Waals surface area contributed by atoms with Crippen LogP contribution in [0.5, 0.6) is 23.0 Å². The molecule has 0 fully saturated rings. The highest BCUT2D eigenvalue weighted by Crippen LogP contribution is 2.36. The summed E-state index contributed by atoms with van der Waals surface area (Å²) in [4.78, 5) is 24.1. The lowest BCUT2D eigenvalue weighted by Gasteiger charge is -2.10. The highest BCUT2D eigenvalue weighted by atomic mass is 79.9. The van der Waals surface area contributed by atoms with Crippen molar-refractivity contribution in [2.24, 2.45) is 10.2 Å². The largest absolute Gasteiger partial charge is 0.493 e. The summed E-state index contributed by atoms with van der Waals surface area (Å²) < 4.78 is 22.6. The SMILES string of the molecule is COc1cc(C=NNC(=O)CCCCCCCC(=O)NN=Cc2cc(Br)c(OC)c(OC)c2)cc(Br)c1OC.